The number of carboxylic acid groups (broad SMARTS) is 1. The summed E-state index contributed by atoms with van der Waals surface area (Å²) in [5.41, 5.74) is 0.535. The van der Waals surface area contributed by atoms with Gasteiger partial charge in [-0.3, -0.25) is 4.79 Å². The normalized spacial score (nSPS) is 10.6. The first-order valence-electron chi connectivity index (χ1n) is 5.18. The topological polar surface area (TPSA) is 50.2 Å². The van der Waals surface area contributed by atoms with Gasteiger partial charge in [0.25, 0.3) is 0 Å². The third-order valence-corrected chi connectivity index (χ3v) is 3.42. The van der Waals surface area contributed by atoms with Crippen LogP contribution in [0.15, 0.2) is 24.4 Å². The van der Waals surface area contributed by atoms with Crippen molar-refractivity contribution < 1.29 is 18.7 Å². The van der Waals surface area contributed by atoms with E-state index in [1.165, 1.54) is 23.6 Å². The van der Waals surface area contributed by atoms with Crippen LogP contribution in [0.5, 0.6) is 0 Å². The molecule has 0 radical (unpaired) electrons. The highest BCUT2D eigenvalue weighted by Gasteiger charge is 2.09. The van der Waals surface area contributed by atoms with Crippen LogP contribution in [0.1, 0.15) is 11.4 Å². The Bertz CT molecular complexity index is 583. The van der Waals surface area contributed by atoms with Gasteiger partial charge in [-0.1, -0.05) is 6.07 Å². The molecule has 1 aromatic heterocycles. The maximum atomic E-state index is 13.1. The fraction of sp³-hybridized carbons (Fsp3) is 0.167. The molecule has 0 saturated carbocycles. The first-order chi connectivity index (χ1) is 8.56. The molecule has 0 atom stereocenters. The van der Waals surface area contributed by atoms with Crippen molar-refractivity contribution in [2.45, 2.75) is 12.8 Å². The second kappa shape index (κ2) is 5.22. The summed E-state index contributed by atoms with van der Waals surface area (Å²) >= 11 is 1.28. The number of carbonyl (C=O) groups is 1. The van der Waals surface area contributed by atoms with Crippen LogP contribution in [0, 0.1) is 11.6 Å². The molecular weight excluding hydrogens is 260 g/mol. The average Bonchev–Trinajstić information content (AvgIpc) is 2.79. The van der Waals surface area contributed by atoms with Crippen molar-refractivity contribution in [1.82, 2.24) is 4.98 Å². The smallest absolute Gasteiger partial charge is 0.303 e. The molecule has 0 amide bonds. The van der Waals surface area contributed by atoms with Crippen molar-refractivity contribution in [3.8, 4) is 10.4 Å². The van der Waals surface area contributed by atoms with Crippen molar-refractivity contribution in [2.75, 3.05) is 0 Å². The lowest BCUT2D eigenvalue weighted by atomic mass is 10.2. The number of aromatic nitrogens is 1. The highest BCUT2D eigenvalue weighted by molar-refractivity contribution is 7.15. The summed E-state index contributed by atoms with van der Waals surface area (Å²) in [5.74, 6) is -2.69. The molecule has 0 saturated heterocycles. The van der Waals surface area contributed by atoms with Gasteiger partial charge in [-0.2, -0.15) is 0 Å². The van der Waals surface area contributed by atoms with Crippen LogP contribution in [-0.2, 0) is 11.2 Å². The fourth-order valence-electron chi connectivity index (χ4n) is 1.42. The number of hydrogen-bond donors (Lipinski definition) is 1. The van der Waals surface area contributed by atoms with Crippen molar-refractivity contribution >= 4 is 17.3 Å². The number of carboxylic acids is 1. The van der Waals surface area contributed by atoms with Crippen LogP contribution in [-0.4, -0.2) is 16.1 Å². The first-order valence-corrected chi connectivity index (χ1v) is 6.00. The van der Waals surface area contributed by atoms with Gasteiger partial charge < -0.3 is 5.11 Å². The summed E-state index contributed by atoms with van der Waals surface area (Å²) < 4.78 is 25.8. The molecule has 2 aromatic rings. The molecule has 0 aliphatic rings. The SMILES string of the molecule is O=C(O)CCc1ncc(-c2ccc(F)c(F)c2)s1. The molecular formula is C12H9F2NO2S. The highest BCUT2D eigenvalue weighted by atomic mass is 32.1. The van der Waals surface area contributed by atoms with Crippen molar-refractivity contribution in [3.05, 3.63) is 41.0 Å². The van der Waals surface area contributed by atoms with E-state index in [0.29, 0.717) is 21.9 Å². The monoisotopic (exact) mass is 269 g/mol. The maximum Gasteiger partial charge on any atom is 0.303 e. The molecule has 94 valence electrons. The standard InChI is InChI=1S/C12H9F2NO2S/c13-8-2-1-7(5-9(8)14)10-6-15-11(18-10)3-4-12(16)17/h1-2,5-6H,3-4H2,(H,16,17). The van der Waals surface area contributed by atoms with Gasteiger partial charge in [0.05, 0.1) is 16.3 Å². The molecule has 2 rings (SSSR count). The Morgan fingerprint density at radius 3 is 2.78 bits per heavy atom. The Morgan fingerprint density at radius 1 is 1.33 bits per heavy atom. The Morgan fingerprint density at radius 2 is 2.11 bits per heavy atom. The Balaban J connectivity index is 2.18. The number of benzene rings is 1. The first kappa shape index (κ1) is 12.6. The van der Waals surface area contributed by atoms with Gasteiger partial charge in [-0.15, -0.1) is 11.3 Å². The summed E-state index contributed by atoms with van der Waals surface area (Å²) in [6, 6.07) is 3.62. The highest BCUT2D eigenvalue weighted by Crippen LogP contribution is 2.27. The molecule has 0 bridgehead atoms. The van der Waals surface area contributed by atoms with Gasteiger partial charge in [0.1, 0.15) is 0 Å². The molecule has 0 aliphatic heterocycles. The zero-order valence-electron chi connectivity index (χ0n) is 9.19. The van der Waals surface area contributed by atoms with Crippen LogP contribution in [0.2, 0.25) is 0 Å². The predicted octanol–water partition coefficient (Wildman–Crippen LogP) is 3.11. The number of aryl methyl sites for hydroxylation is 1. The second-order valence-electron chi connectivity index (χ2n) is 3.64. The molecule has 1 N–H and O–H groups in total. The summed E-state index contributed by atoms with van der Waals surface area (Å²) in [6.45, 7) is 0. The predicted molar refractivity (Wildman–Crippen MR) is 63.4 cm³/mol. The number of aliphatic carboxylic acids is 1. The minimum absolute atomic E-state index is 0.00469. The average molecular weight is 269 g/mol. The van der Waals surface area contributed by atoms with E-state index in [1.807, 2.05) is 0 Å². The van der Waals surface area contributed by atoms with Gasteiger partial charge >= 0.3 is 5.97 Å². The summed E-state index contributed by atoms with van der Waals surface area (Å²) in [7, 11) is 0. The van der Waals surface area contributed by atoms with Crippen molar-refractivity contribution in [3.63, 3.8) is 0 Å². The van der Waals surface area contributed by atoms with E-state index < -0.39 is 17.6 Å². The molecule has 18 heavy (non-hydrogen) atoms. The lowest BCUT2D eigenvalue weighted by Crippen LogP contribution is -1.96. The molecule has 0 unspecified atom stereocenters. The molecule has 0 spiro atoms. The number of rotatable bonds is 4. The second-order valence-corrected chi connectivity index (χ2v) is 4.76. The quantitative estimate of drug-likeness (QED) is 0.927. The van der Waals surface area contributed by atoms with Crippen LogP contribution in [0.4, 0.5) is 8.78 Å². The van der Waals surface area contributed by atoms with E-state index in [2.05, 4.69) is 4.98 Å². The molecule has 0 aliphatic carbocycles. The number of nitrogens with zero attached hydrogens (tertiary/aromatic N) is 1. The fourth-order valence-corrected chi connectivity index (χ4v) is 2.34. The number of hydrogen-bond acceptors (Lipinski definition) is 3. The molecule has 1 heterocycles. The minimum atomic E-state index is -0.909. The van der Waals surface area contributed by atoms with Crippen LogP contribution in [0.3, 0.4) is 0 Å². The van der Waals surface area contributed by atoms with Crippen molar-refractivity contribution in [1.29, 1.82) is 0 Å². The Kier molecular flexibility index (Phi) is 3.66. The van der Waals surface area contributed by atoms with E-state index in [0.717, 1.165) is 12.1 Å². The molecule has 3 nitrogen and oxygen atoms in total. The van der Waals surface area contributed by atoms with Crippen LogP contribution < -0.4 is 0 Å². The largest absolute Gasteiger partial charge is 0.481 e. The maximum absolute atomic E-state index is 13.1. The van der Waals surface area contributed by atoms with Crippen LogP contribution in [0.25, 0.3) is 10.4 Å². The number of thiazole rings is 1. The number of halogens is 2. The molecule has 6 heteroatoms. The molecule has 0 fully saturated rings. The Labute approximate surface area is 106 Å². The van der Waals surface area contributed by atoms with Gasteiger partial charge in [0.15, 0.2) is 11.6 Å². The summed E-state index contributed by atoms with van der Waals surface area (Å²) in [6.07, 6.45) is 1.88. The summed E-state index contributed by atoms with van der Waals surface area (Å²) in [4.78, 5) is 15.2. The van der Waals surface area contributed by atoms with E-state index in [1.54, 1.807) is 0 Å². The lowest BCUT2D eigenvalue weighted by Gasteiger charge is -1.97. The third kappa shape index (κ3) is 2.89. The third-order valence-electron chi connectivity index (χ3n) is 2.31. The zero-order chi connectivity index (χ0) is 13.1. The van der Waals surface area contributed by atoms with E-state index in [9.17, 15) is 13.6 Å². The van der Waals surface area contributed by atoms with E-state index >= 15 is 0 Å². The van der Waals surface area contributed by atoms with Gasteiger partial charge in [-0.25, -0.2) is 13.8 Å². The van der Waals surface area contributed by atoms with Gasteiger partial charge in [0.2, 0.25) is 0 Å². The zero-order valence-corrected chi connectivity index (χ0v) is 10.0. The van der Waals surface area contributed by atoms with Crippen molar-refractivity contribution in [2.24, 2.45) is 0 Å². The van der Waals surface area contributed by atoms with E-state index in [4.69, 9.17) is 5.11 Å². The molecule has 1 aromatic carbocycles. The van der Waals surface area contributed by atoms with E-state index in [-0.39, 0.29) is 6.42 Å². The Hall–Kier alpha value is -1.82. The van der Waals surface area contributed by atoms with Gasteiger partial charge in [-0.05, 0) is 17.7 Å². The van der Waals surface area contributed by atoms with Crippen LogP contribution >= 0.6 is 11.3 Å². The lowest BCUT2D eigenvalue weighted by molar-refractivity contribution is -0.136. The summed E-state index contributed by atoms with van der Waals surface area (Å²) in [5, 5.41) is 9.22. The van der Waals surface area contributed by atoms with Gasteiger partial charge in [0, 0.05) is 12.6 Å². The minimum Gasteiger partial charge on any atom is -0.481 e.